The number of hydrogen-bond donors (Lipinski definition) is 1. The van der Waals surface area contributed by atoms with Gasteiger partial charge in [0, 0.05) is 13.7 Å². The molecule has 0 saturated carbocycles. The van der Waals surface area contributed by atoms with E-state index in [1.165, 1.54) is 84.1 Å². The predicted octanol–water partition coefficient (Wildman–Crippen LogP) is 5.42. The summed E-state index contributed by atoms with van der Waals surface area (Å²) in [5.74, 6) is 0. The van der Waals surface area contributed by atoms with Crippen molar-refractivity contribution in [3.8, 4) is 0 Å². The minimum Gasteiger partial charge on any atom is -0.756 e. The Morgan fingerprint density at radius 2 is 1.31 bits per heavy atom. The Kier molecular flexibility index (Phi) is 21.9. The summed E-state index contributed by atoms with van der Waals surface area (Å²) >= 11 is 0. The summed E-state index contributed by atoms with van der Waals surface area (Å²) in [6, 6.07) is 0. The predicted molar refractivity (Wildman–Crippen MR) is 143 cm³/mol. The zero-order chi connectivity index (χ0) is 27.1. The lowest BCUT2D eigenvalue weighted by atomic mass is 10.0. The molecule has 1 amide bonds. The Morgan fingerprint density at radius 3 is 1.78 bits per heavy atom. The molecule has 0 aliphatic heterocycles. The number of hydrogen-bond acceptors (Lipinski definition) is 7. The number of rotatable bonds is 25. The molecular weight excluding hydrogens is 483 g/mol. The highest BCUT2D eigenvalue weighted by Gasteiger charge is 2.19. The first-order valence-corrected chi connectivity index (χ1v) is 15.4. The third-order valence-electron chi connectivity index (χ3n) is 5.85. The fourth-order valence-electron chi connectivity index (χ4n) is 3.58. The van der Waals surface area contributed by atoms with E-state index in [1.807, 2.05) is 21.1 Å². The molecule has 1 unspecified atom stereocenters. The van der Waals surface area contributed by atoms with Gasteiger partial charge < -0.3 is 33.2 Å². The summed E-state index contributed by atoms with van der Waals surface area (Å²) in [7, 11) is 2.74. The summed E-state index contributed by atoms with van der Waals surface area (Å²) in [5, 5.41) is 2.35. The SMILES string of the molecule is CCCCCCCCCCCCCCCCOC[C@@H](COP(=O)([O-])OCC[N+](C)(C)C)OC(=O)NC. The molecule has 0 saturated heterocycles. The molecule has 2 atom stereocenters. The Balaban J connectivity index is 3.88. The number of alkyl carbamates (subject to hydrolysis) is 1. The highest BCUT2D eigenvalue weighted by atomic mass is 31.2. The molecule has 0 aromatic rings. The van der Waals surface area contributed by atoms with Crippen LogP contribution in [0.4, 0.5) is 4.79 Å². The van der Waals surface area contributed by atoms with Gasteiger partial charge >= 0.3 is 6.09 Å². The molecule has 0 heterocycles. The molecule has 0 aromatic heterocycles. The molecule has 36 heavy (non-hydrogen) atoms. The van der Waals surface area contributed by atoms with E-state index in [-0.39, 0.29) is 19.8 Å². The van der Waals surface area contributed by atoms with Gasteiger partial charge in [-0.3, -0.25) is 4.57 Å². The van der Waals surface area contributed by atoms with Crippen LogP contribution in [0.25, 0.3) is 0 Å². The maximum atomic E-state index is 12.0. The molecule has 0 bridgehead atoms. The van der Waals surface area contributed by atoms with E-state index in [4.69, 9.17) is 18.5 Å². The van der Waals surface area contributed by atoms with Gasteiger partial charge in [0.2, 0.25) is 0 Å². The number of ether oxygens (including phenoxy) is 2. The van der Waals surface area contributed by atoms with Crippen LogP contribution < -0.4 is 10.2 Å². The number of phosphoric acid groups is 1. The quantitative estimate of drug-likeness (QED) is 0.0940. The van der Waals surface area contributed by atoms with Gasteiger partial charge in [-0.1, -0.05) is 90.4 Å². The molecule has 216 valence electrons. The van der Waals surface area contributed by atoms with Crippen molar-refractivity contribution >= 4 is 13.9 Å². The molecule has 0 spiro atoms. The molecule has 0 rings (SSSR count). The van der Waals surface area contributed by atoms with Crippen molar-refractivity contribution in [1.29, 1.82) is 0 Å². The van der Waals surface area contributed by atoms with E-state index < -0.39 is 20.0 Å². The second-order valence-electron chi connectivity index (χ2n) is 10.5. The third-order valence-corrected chi connectivity index (χ3v) is 6.82. The molecule has 0 fully saturated rings. The van der Waals surface area contributed by atoms with E-state index in [0.717, 1.165) is 12.8 Å². The number of carbonyl (C=O) groups excluding carboxylic acids is 1. The van der Waals surface area contributed by atoms with Crippen molar-refractivity contribution in [2.45, 2.75) is 103 Å². The highest BCUT2D eigenvalue weighted by molar-refractivity contribution is 7.45. The smallest absolute Gasteiger partial charge is 0.407 e. The van der Waals surface area contributed by atoms with Gasteiger partial charge in [-0.15, -0.1) is 0 Å². The Morgan fingerprint density at radius 1 is 0.806 bits per heavy atom. The first kappa shape index (κ1) is 35.3. The number of nitrogens with one attached hydrogen (secondary N) is 1. The fourth-order valence-corrected chi connectivity index (χ4v) is 4.31. The first-order chi connectivity index (χ1) is 17.1. The monoisotopic (exact) mass is 538 g/mol. The summed E-state index contributed by atoms with van der Waals surface area (Å²) in [4.78, 5) is 23.6. The molecule has 0 aromatic carbocycles. The topological polar surface area (TPSA) is 106 Å². The highest BCUT2D eigenvalue weighted by Crippen LogP contribution is 2.38. The molecule has 1 N–H and O–H groups in total. The summed E-state index contributed by atoms with van der Waals surface area (Å²) < 4.78 is 33.1. The Hall–Kier alpha value is -0.700. The summed E-state index contributed by atoms with van der Waals surface area (Å²) in [5.41, 5.74) is 0. The maximum Gasteiger partial charge on any atom is 0.407 e. The summed E-state index contributed by atoms with van der Waals surface area (Å²) in [6.45, 7) is 3.02. The zero-order valence-electron chi connectivity index (χ0n) is 23.8. The van der Waals surface area contributed by atoms with Crippen LogP contribution in [-0.4, -0.2) is 77.8 Å². The van der Waals surface area contributed by atoms with Crippen molar-refractivity contribution in [3.63, 3.8) is 0 Å². The Bertz CT molecular complexity index is 573. The van der Waals surface area contributed by atoms with E-state index in [1.54, 1.807) is 0 Å². The third kappa shape index (κ3) is 25.0. The van der Waals surface area contributed by atoms with Crippen LogP contribution in [0.5, 0.6) is 0 Å². The number of nitrogens with zero attached hydrogens (tertiary/aromatic N) is 1. The van der Waals surface area contributed by atoms with Crippen LogP contribution in [0.1, 0.15) is 96.8 Å². The summed E-state index contributed by atoms with van der Waals surface area (Å²) in [6.07, 6.45) is 16.5. The van der Waals surface area contributed by atoms with Crippen LogP contribution in [0, 0.1) is 0 Å². The van der Waals surface area contributed by atoms with Gasteiger partial charge in [-0.25, -0.2) is 4.79 Å². The van der Waals surface area contributed by atoms with Crippen molar-refractivity contribution in [2.75, 3.05) is 61.2 Å². The maximum absolute atomic E-state index is 12.0. The zero-order valence-corrected chi connectivity index (χ0v) is 24.7. The van der Waals surface area contributed by atoms with E-state index in [0.29, 0.717) is 17.6 Å². The number of phosphoric ester groups is 1. The average molecular weight is 539 g/mol. The standard InChI is InChI=1S/C26H55N2O7P/c1-6-7-8-9-10-11-12-13-14-15-16-17-18-19-21-32-23-25(35-26(29)27-2)24-34-36(30,31)33-22-20-28(3,4)5/h25H,6-24H2,1-5H3,(H-,27,29,30,31)/t25-/m0/s1. The van der Waals surface area contributed by atoms with Crippen molar-refractivity contribution in [3.05, 3.63) is 0 Å². The van der Waals surface area contributed by atoms with Gasteiger partial charge in [0.25, 0.3) is 7.82 Å². The van der Waals surface area contributed by atoms with Crippen LogP contribution in [-0.2, 0) is 23.1 Å². The lowest BCUT2D eigenvalue weighted by Gasteiger charge is -2.28. The number of amides is 1. The van der Waals surface area contributed by atoms with Gasteiger partial charge in [0.15, 0.2) is 6.10 Å². The molecule has 10 heteroatoms. The normalized spacial score (nSPS) is 14.4. The molecular formula is C26H55N2O7P. The number of likely N-dealkylation sites (N-methyl/N-ethyl adjacent to an activating group) is 1. The molecule has 0 aliphatic rings. The second-order valence-corrected chi connectivity index (χ2v) is 11.9. The van der Waals surface area contributed by atoms with Gasteiger partial charge in [-0.05, 0) is 6.42 Å². The minimum absolute atomic E-state index is 0.0148. The van der Waals surface area contributed by atoms with E-state index in [2.05, 4.69) is 12.2 Å². The molecule has 0 radical (unpaired) electrons. The van der Waals surface area contributed by atoms with Crippen molar-refractivity contribution in [1.82, 2.24) is 5.32 Å². The number of carbonyl (C=O) groups is 1. The van der Waals surface area contributed by atoms with E-state index >= 15 is 0 Å². The van der Waals surface area contributed by atoms with Crippen LogP contribution >= 0.6 is 7.82 Å². The van der Waals surface area contributed by atoms with Crippen LogP contribution in [0.15, 0.2) is 0 Å². The first-order valence-electron chi connectivity index (χ1n) is 14.0. The van der Waals surface area contributed by atoms with Gasteiger partial charge in [0.05, 0.1) is 34.4 Å². The van der Waals surface area contributed by atoms with Crippen molar-refractivity contribution in [2.24, 2.45) is 0 Å². The van der Waals surface area contributed by atoms with Crippen LogP contribution in [0.2, 0.25) is 0 Å². The van der Waals surface area contributed by atoms with E-state index in [9.17, 15) is 14.3 Å². The van der Waals surface area contributed by atoms with Gasteiger partial charge in [-0.2, -0.15) is 0 Å². The minimum atomic E-state index is -4.49. The largest absolute Gasteiger partial charge is 0.756 e. The second kappa shape index (κ2) is 22.3. The Labute approximate surface area is 220 Å². The lowest BCUT2D eigenvalue weighted by molar-refractivity contribution is -0.870. The average Bonchev–Trinajstić information content (AvgIpc) is 2.81. The van der Waals surface area contributed by atoms with Crippen LogP contribution in [0.3, 0.4) is 0 Å². The number of quaternary nitrogens is 1. The fraction of sp³-hybridized carbons (Fsp3) is 0.962. The lowest BCUT2D eigenvalue weighted by Crippen LogP contribution is -2.37. The number of unbranched alkanes of at least 4 members (excludes halogenated alkanes) is 13. The van der Waals surface area contributed by atoms with Gasteiger partial charge in [0.1, 0.15) is 13.2 Å². The molecule has 0 aliphatic carbocycles. The van der Waals surface area contributed by atoms with Crippen molar-refractivity contribution < 1.29 is 37.3 Å². The molecule has 9 nitrogen and oxygen atoms in total.